The molecule has 34 heavy (non-hydrogen) atoms. The molecular formula is C26H34N6OS. The Morgan fingerprint density at radius 3 is 2.65 bits per heavy atom. The van der Waals surface area contributed by atoms with Crippen LogP contribution in [0.25, 0.3) is 27.3 Å². The summed E-state index contributed by atoms with van der Waals surface area (Å²) < 4.78 is 7.37. The van der Waals surface area contributed by atoms with Gasteiger partial charge in [0.1, 0.15) is 16.7 Å². The third-order valence-corrected chi connectivity index (χ3v) is 8.78. The lowest BCUT2D eigenvalue weighted by Crippen LogP contribution is -2.43. The van der Waals surface area contributed by atoms with Crippen molar-refractivity contribution in [3.63, 3.8) is 0 Å². The standard InChI is InChI=1S/C26H34N6OS/c1-15(2)22-23(20-13-32-21(12-16(20)3)27-14-28-32)30-26-24(22)31-25(34-26)17-4-6-18(7-5-17)29-19-8-10-33-11-9-19/h12-15,17-19,29-30H,4-11H2,1-3H3. The Bertz CT molecular complexity index is 1290. The van der Waals surface area contributed by atoms with E-state index in [-0.39, 0.29) is 0 Å². The molecule has 2 N–H and O–H groups in total. The van der Waals surface area contributed by atoms with Crippen LogP contribution >= 0.6 is 11.3 Å². The van der Waals surface area contributed by atoms with Gasteiger partial charge in [0.05, 0.1) is 10.7 Å². The molecule has 0 unspecified atom stereocenters. The Kier molecular flexibility index (Phi) is 5.91. The van der Waals surface area contributed by atoms with Gasteiger partial charge in [-0.15, -0.1) is 11.3 Å². The molecule has 1 aliphatic carbocycles. The van der Waals surface area contributed by atoms with Crippen LogP contribution in [0.3, 0.4) is 0 Å². The number of aromatic nitrogens is 5. The molecule has 2 aliphatic rings. The summed E-state index contributed by atoms with van der Waals surface area (Å²) in [5.74, 6) is 0.958. The normalized spacial score (nSPS) is 22.4. The van der Waals surface area contributed by atoms with Crippen molar-refractivity contribution < 1.29 is 4.74 Å². The van der Waals surface area contributed by atoms with Crippen LogP contribution in [-0.4, -0.2) is 49.9 Å². The smallest absolute Gasteiger partial charge is 0.155 e. The highest BCUT2D eigenvalue weighted by atomic mass is 32.1. The summed E-state index contributed by atoms with van der Waals surface area (Å²) in [5, 5.41) is 9.56. The van der Waals surface area contributed by atoms with Crippen LogP contribution in [0.5, 0.6) is 0 Å². The van der Waals surface area contributed by atoms with Crippen LogP contribution in [0.1, 0.15) is 80.3 Å². The number of fused-ring (bicyclic) bond motifs is 2. The van der Waals surface area contributed by atoms with Crippen LogP contribution in [0, 0.1) is 6.92 Å². The summed E-state index contributed by atoms with van der Waals surface area (Å²) in [7, 11) is 0. The first-order valence-corrected chi connectivity index (χ1v) is 13.5. The highest BCUT2D eigenvalue weighted by Gasteiger charge is 2.28. The molecule has 2 fully saturated rings. The minimum absolute atomic E-state index is 0.379. The van der Waals surface area contributed by atoms with E-state index < -0.39 is 0 Å². The van der Waals surface area contributed by atoms with Crippen LogP contribution in [0.4, 0.5) is 0 Å². The molecule has 4 aromatic heterocycles. The summed E-state index contributed by atoms with van der Waals surface area (Å²) in [5.41, 5.74) is 6.90. The SMILES string of the molecule is Cc1cc2ncnn2cc1-c1[nH]c2sc(C3CCC(NC4CCOCC4)CC3)nc2c1C(C)C. The van der Waals surface area contributed by atoms with E-state index in [0.717, 1.165) is 37.2 Å². The van der Waals surface area contributed by atoms with Crippen LogP contribution < -0.4 is 5.32 Å². The molecule has 7 nitrogen and oxygen atoms in total. The maximum atomic E-state index is 5.51. The number of nitrogens with one attached hydrogen (secondary N) is 2. The van der Waals surface area contributed by atoms with Gasteiger partial charge in [0.15, 0.2) is 5.65 Å². The molecule has 0 aromatic carbocycles. The van der Waals surface area contributed by atoms with E-state index in [2.05, 4.69) is 53.4 Å². The molecule has 1 aliphatic heterocycles. The van der Waals surface area contributed by atoms with Gasteiger partial charge < -0.3 is 15.0 Å². The number of pyridine rings is 1. The van der Waals surface area contributed by atoms with Crippen LogP contribution in [0.15, 0.2) is 18.6 Å². The molecular weight excluding hydrogens is 444 g/mol. The van der Waals surface area contributed by atoms with E-state index in [0.29, 0.717) is 23.9 Å². The van der Waals surface area contributed by atoms with Crippen LogP contribution in [-0.2, 0) is 4.74 Å². The number of H-pyrrole nitrogens is 1. The van der Waals surface area contributed by atoms with E-state index in [1.807, 2.05) is 15.9 Å². The number of aromatic amines is 1. The van der Waals surface area contributed by atoms with Crippen molar-refractivity contribution >= 4 is 27.3 Å². The number of thiazole rings is 1. The Hall–Kier alpha value is -2.29. The molecule has 8 heteroatoms. The zero-order valence-corrected chi connectivity index (χ0v) is 21.1. The van der Waals surface area contributed by atoms with Crippen LogP contribution in [0.2, 0.25) is 0 Å². The minimum atomic E-state index is 0.379. The molecule has 5 heterocycles. The molecule has 1 saturated heterocycles. The molecule has 0 bridgehead atoms. The second-order valence-corrected chi connectivity index (χ2v) is 11.4. The topological polar surface area (TPSA) is 80.1 Å². The fourth-order valence-electron chi connectivity index (χ4n) is 5.78. The van der Waals surface area contributed by atoms with Crippen molar-refractivity contribution in [3.05, 3.63) is 34.7 Å². The highest BCUT2D eigenvalue weighted by Crippen LogP contribution is 2.42. The molecule has 4 aromatic rings. The summed E-state index contributed by atoms with van der Waals surface area (Å²) >= 11 is 1.86. The maximum Gasteiger partial charge on any atom is 0.155 e. The van der Waals surface area contributed by atoms with Gasteiger partial charge in [-0.3, -0.25) is 0 Å². The first kappa shape index (κ1) is 22.2. The van der Waals surface area contributed by atoms with Crippen molar-refractivity contribution in [2.24, 2.45) is 0 Å². The highest BCUT2D eigenvalue weighted by molar-refractivity contribution is 7.18. The monoisotopic (exact) mass is 478 g/mol. The zero-order chi connectivity index (χ0) is 23.2. The number of aryl methyl sites for hydroxylation is 1. The largest absolute Gasteiger partial charge is 0.381 e. The van der Waals surface area contributed by atoms with E-state index in [4.69, 9.17) is 9.72 Å². The van der Waals surface area contributed by atoms with Crippen molar-refractivity contribution in [2.45, 2.75) is 83.2 Å². The van der Waals surface area contributed by atoms with Gasteiger partial charge in [0.2, 0.25) is 0 Å². The van der Waals surface area contributed by atoms with Gasteiger partial charge in [-0.2, -0.15) is 5.10 Å². The predicted octanol–water partition coefficient (Wildman–Crippen LogP) is 5.56. The lowest BCUT2D eigenvalue weighted by molar-refractivity contribution is 0.0729. The first-order chi connectivity index (χ1) is 16.6. The lowest BCUT2D eigenvalue weighted by Gasteiger charge is -2.33. The molecule has 0 spiro atoms. The minimum Gasteiger partial charge on any atom is -0.381 e. The first-order valence-electron chi connectivity index (χ1n) is 12.7. The fourth-order valence-corrected chi connectivity index (χ4v) is 6.93. The summed E-state index contributed by atoms with van der Waals surface area (Å²) in [6, 6.07) is 3.39. The number of hydrogen-bond donors (Lipinski definition) is 2. The average molecular weight is 479 g/mol. The van der Waals surface area contributed by atoms with E-state index in [9.17, 15) is 0 Å². The molecule has 0 atom stereocenters. The summed E-state index contributed by atoms with van der Waals surface area (Å²) in [6.07, 6.45) is 10.9. The van der Waals surface area contributed by atoms with Gasteiger partial charge in [-0.25, -0.2) is 14.5 Å². The van der Waals surface area contributed by atoms with Gasteiger partial charge in [0.25, 0.3) is 0 Å². The molecule has 0 radical (unpaired) electrons. The summed E-state index contributed by atoms with van der Waals surface area (Å²) in [6.45, 7) is 8.49. The van der Waals surface area contributed by atoms with E-state index >= 15 is 0 Å². The second kappa shape index (κ2) is 9.06. The van der Waals surface area contributed by atoms with Gasteiger partial charge in [-0.1, -0.05) is 13.8 Å². The van der Waals surface area contributed by atoms with Gasteiger partial charge in [-0.05, 0) is 63.0 Å². The second-order valence-electron chi connectivity index (χ2n) is 10.3. The third kappa shape index (κ3) is 4.06. The fraction of sp³-hybridized carbons (Fsp3) is 0.577. The Morgan fingerprint density at radius 1 is 1.12 bits per heavy atom. The Balaban J connectivity index is 1.24. The Labute approximate surface area is 204 Å². The molecule has 6 rings (SSSR count). The van der Waals surface area contributed by atoms with Crippen molar-refractivity contribution in [2.75, 3.05) is 13.2 Å². The number of hydrogen-bond acceptors (Lipinski definition) is 6. The zero-order valence-electron chi connectivity index (χ0n) is 20.3. The number of nitrogens with zero attached hydrogens (tertiary/aromatic N) is 4. The number of ether oxygens (including phenoxy) is 1. The van der Waals surface area contributed by atoms with Crippen molar-refractivity contribution in [1.82, 2.24) is 29.9 Å². The number of rotatable bonds is 5. The Morgan fingerprint density at radius 2 is 1.88 bits per heavy atom. The molecule has 0 amide bonds. The molecule has 180 valence electrons. The maximum absolute atomic E-state index is 5.51. The third-order valence-electron chi connectivity index (χ3n) is 7.65. The van der Waals surface area contributed by atoms with Gasteiger partial charge >= 0.3 is 0 Å². The average Bonchev–Trinajstić information content (AvgIpc) is 3.53. The van der Waals surface area contributed by atoms with Crippen molar-refractivity contribution in [1.29, 1.82) is 0 Å². The van der Waals surface area contributed by atoms with Crippen molar-refractivity contribution in [3.8, 4) is 11.3 Å². The quantitative estimate of drug-likeness (QED) is 0.392. The summed E-state index contributed by atoms with van der Waals surface area (Å²) in [4.78, 5) is 14.5. The lowest BCUT2D eigenvalue weighted by atomic mass is 9.86. The molecule has 1 saturated carbocycles. The van der Waals surface area contributed by atoms with Gasteiger partial charge in [0, 0.05) is 48.5 Å². The van der Waals surface area contributed by atoms with E-state index in [1.165, 1.54) is 57.9 Å². The van der Waals surface area contributed by atoms with E-state index in [1.54, 1.807) is 6.33 Å². The predicted molar refractivity (Wildman–Crippen MR) is 137 cm³/mol.